The number of nitrogens with zero attached hydrogens (tertiary/aromatic N) is 1. The third-order valence-corrected chi connectivity index (χ3v) is 2.74. The minimum Gasteiger partial charge on any atom is -0.462 e. The van der Waals surface area contributed by atoms with Gasteiger partial charge < -0.3 is 20.3 Å². The first-order chi connectivity index (χ1) is 10.0. The molecular formula is C15H23N3O3. The average molecular weight is 293 g/mol. The summed E-state index contributed by atoms with van der Waals surface area (Å²) in [4.78, 5) is 25.6. The summed E-state index contributed by atoms with van der Waals surface area (Å²) in [5.74, 6) is -0.444. The maximum Gasteiger partial charge on any atom is 0.340 e. The lowest BCUT2D eigenvalue weighted by molar-refractivity contribution is 0.0527. The molecule has 2 N–H and O–H groups in total. The van der Waals surface area contributed by atoms with Crippen LogP contribution in [0.5, 0.6) is 0 Å². The second-order valence-corrected chi connectivity index (χ2v) is 4.80. The first-order valence-electron chi connectivity index (χ1n) is 7.00. The Morgan fingerprint density at radius 1 is 1.24 bits per heavy atom. The van der Waals surface area contributed by atoms with E-state index < -0.39 is 5.97 Å². The highest BCUT2D eigenvalue weighted by Crippen LogP contribution is 2.16. The van der Waals surface area contributed by atoms with Gasteiger partial charge in [0.2, 0.25) is 0 Å². The van der Waals surface area contributed by atoms with Crippen molar-refractivity contribution < 1.29 is 14.3 Å². The highest BCUT2D eigenvalue weighted by molar-refractivity contribution is 6.00. The number of benzene rings is 1. The number of rotatable bonds is 7. The topological polar surface area (TPSA) is 70.7 Å². The average Bonchev–Trinajstić information content (AvgIpc) is 2.44. The predicted molar refractivity (Wildman–Crippen MR) is 82.6 cm³/mol. The van der Waals surface area contributed by atoms with Gasteiger partial charge in [0.25, 0.3) is 0 Å². The number of hydrogen-bond acceptors (Lipinski definition) is 4. The highest BCUT2D eigenvalue weighted by atomic mass is 16.5. The molecule has 0 aromatic heterocycles. The van der Waals surface area contributed by atoms with E-state index in [9.17, 15) is 9.59 Å². The molecule has 21 heavy (non-hydrogen) atoms. The van der Waals surface area contributed by atoms with Gasteiger partial charge in [0, 0.05) is 6.54 Å². The molecule has 1 rings (SSSR count). The van der Waals surface area contributed by atoms with Gasteiger partial charge in [-0.2, -0.15) is 0 Å². The van der Waals surface area contributed by atoms with Crippen LogP contribution in [-0.4, -0.2) is 50.7 Å². The molecular weight excluding hydrogens is 270 g/mol. The fraction of sp³-hybridized carbons (Fsp3) is 0.467. The van der Waals surface area contributed by atoms with Crippen LogP contribution in [0.2, 0.25) is 0 Å². The molecule has 0 heterocycles. The molecule has 0 aliphatic rings. The fourth-order valence-electron chi connectivity index (χ4n) is 1.74. The maximum atomic E-state index is 11.8. The number of para-hydroxylation sites is 1. The quantitative estimate of drug-likeness (QED) is 0.595. The van der Waals surface area contributed by atoms with Crippen molar-refractivity contribution in [3.8, 4) is 0 Å². The number of carbonyl (C=O) groups is 2. The zero-order chi connectivity index (χ0) is 15.7. The number of esters is 1. The first-order valence-corrected chi connectivity index (χ1v) is 7.00. The Morgan fingerprint density at radius 3 is 2.62 bits per heavy atom. The van der Waals surface area contributed by atoms with Gasteiger partial charge in [-0.1, -0.05) is 12.1 Å². The number of nitrogens with one attached hydrogen (secondary N) is 2. The zero-order valence-corrected chi connectivity index (χ0v) is 12.8. The van der Waals surface area contributed by atoms with E-state index in [-0.39, 0.29) is 6.03 Å². The minimum atomic E-state index is -0.444. The van der Waals surface area contributed by atoms with Crippen molar-refractivity contribution >= 4 is 17.7 Å². The summed E-state index contributed by atoms with van der Waals surface area (Å²) >= 11 is 0. The van der Waals surface area contributed by atoms with Crippen LogP contribution >= 0.6 is 0 Å². The Kier molecular flexibility index (Phi) is 7.25. The lowest BCUT2D eigenvalue weighted by Gasteiger charge is -2.12. The van der Waals surface area contributed by atoms with Crippen molar-refractivity contribution in [2.45, 2.75) is 13.3 Å². The Labute approximate surface area is 125 Å². The van der Waals surface area contributed by atoms with Crippen molar-refractivity contribution in [1.29, 1.82) is 0 Å². The summed E-state index contributed by atoms with van der Waals surface area (Å²) in [5.41, 5.74) is 0.795. The summed E-state index contributed by atoms with van der Waals surface area (Å²) in [6.07, 6.45) is 0.861. The number of anilines is 1. The van der Waals surface area contributed by atoms with Gasteiger partial charge in [-0.3, -0.25) is 0 Å². The second-order valence-electron chi connectivity index (χ2n) is 4.80. The van der Waals surface area contributed by atoms with Gasteiger partial charge in [0.15, 0.2) is 0 Å². The molecule has 0 bridgehead atoms. The van der Waals surface area contributed by atoms with Crippen molar-refractivity contribution in [3.05, 3.63) is 29.8 Å². The molecule has 0 saturated heterocycles. The fourth-order valence-corrected chi connectivity index (χ4v) is 1.74. The van der Waals surface area contributed by atoms with E-state index in [1.54, 1.807) is 31.2 Å². The summed E-state index contributed by atoms with van der Waals surface area (Å²) in [7, 11) is 3.96. The van der Waals surface area contributed by atoms with E-state index in [0.29, 0.717) is 24.4 Å². The number of amides is 2. The van der Waals surface area contributed by atoms with E-state index in [4.69, 9.17) is 4.74 Å². The van der Waals surface area contributed by atoms with Crippen molar-refractivity contribution in [1.82, 2.24) is 10.2 Å². The van der Waals surface area contributed by atoms with Crippen LogP contribution in [0.25, 0.3) is 0 Å². The van der Waals surface area contributed by atoms with Crippen molar-refractivity contribution in [2.24, 2.45) is 0 Å². The molecule has 6 nitrogen and oxygen atoms in total. The van der Waals surface area contributed by atoms with Crippen LogP contribution in [0.4, 0.5) is 10.5 Å². The molecule has 0 aliphatic heterocycles. The van der Waals surface area contributed by atoms with Gasteiger partial charge >= 0.3 is 12.0 Å². The molecule has 0 spiro atoms. The number of carbonyl (C=O) groups excluding carboxylic acids is 2. The van der Waals surface area contributed by atoms with Crippen LogP contribution in [0.1, 0.15) is 23.7 Å². The Hall–Kier alpha value is -2.08. The van der Waals surface area contributed by atoms with Crippen LogP contribution in [-0.2, 0) is 4.74 Å². The molecule has 0 fully saturated rings. The lowest BCUT2D eigenvalue weighted by atomic mass is 10.2. The Morgan fingerprint density at radius 2 is 1.95 bits per heavy atom. The normalized spacial score (nSPS) is 10.3. The van der Waals surface area contributed by atoms with Gasteiger partial charge in [0.1, 0.15) is 0 Å². The van der Waals surface area contributed by atoms with Gasteiger partial charge in [0.05, 0.1) is 17.9 Å². The largest absolute Gasteiger partial charge is 0.462 e. The third-order valence-electron chi connectivity index (χ3n) is 2.74. The molecule has 0 saturated carbocycles. The number of hydrogen-bond donors (Lipinski definition) is 2. The predicted octanol–water partition coefficient (Wildman–Crippen LogP) is 1.94. The lowest BCUT2D eigenvalue weighted by Crippen LogP contribution is -2.31. The van der Waals surface area contributed by atoms with E-state index in [0.717, 1.165) is 13.0 Å². The smallest absolute Gasteiger partial charge is 0.340 e. The molecule has 6 heteroatoms. The van der Waals surface area contributed by atoms with Gasteiger partial charge in [-0.25, -0.2) is 9.59 Å². The standard InChI is InChI=1S/C15H23N3O3/c1-4-21-14(19)12-8-5-6-9-13(12)17-15(20)16-10-7-11-18(2)3/h5-6,8-9H,4,7,10-11H2,1-3H3,(H2,16,17,20). The zero-order valence-electron chi connectivity index (χ0n) is 12.8. The minimum absolute atomic E-state index is 0.296. The van der Waals surface area contributed by atoms with Crippen molar-refractivity contribution in [3.63, 3.8) is 0 Å². The monoisotopic (exact) mass is 293 g/mol. The highest BCUT2D eigenvalue weighted by Gasteiger charge is 2.13. The first kappa shape index (κ1) is 17.0. The maximum absolute atomic E-state index is 11.8. The summed E-state index contributed by atoms with van der Waals surface area (Å²) in [6, 6.07) is 6.45. The van der Waals surface area contributed by atoms with Crippen LogP contribution < -0.4 is 10.6 Å². The third kappa shape index (κ3) is 6.27. The molecule has 1 aromatic carbocycles. The van der Waals surface area contributed by atoms with Crippen LogP contribution in [0.15, 0.2) is 24.3 Å². The molecule has 0 atom stereocenters. The number of ether oxygens (including phenoxy) is 1. The molecule has 116 valence electrons. The van der Waals surface area contributed by atoms with Gasteiger partial charge in [-0.05, 0) is 46.1 Å². The van der Waals surface area contributed by atoms with E-state index in [1.165, 1.54) is 0 Å². The van der Waals surface area contributed by atoms with E-state index in [2.05, 4.69) is 15.5 Å². The Balaban J connectivity index is 2.54. The SMILES string of the molecule is CCOC(=O)c1ccccc1NC(=O)NCCCN(C)C. The summed E-state index contributed by atoms with van der Waals surface area (Å²) < 4.78 is 4.96. The molecule has 0 unspecified atom stereocenters. The molecule has 2 amide bonds. The van der Waals surface area contributed by atoms with E-state index >= 15 is 0 Å². The molecule has 0 radical (unpaired) electrons. The summed E-state index contributed by atoms with van der Waals surface area (Å²) in [5, 5.41) is 5.43. The second kappa shape index (κ2) is 8.97. The Bertz CT molecular complexity index is 475. The molecule has 0 aliphatic carbocycles. The van der Waals surface area contributed by atoms with Gasteiger partial charge in [-0.15, -0.1) is 0 Å². The molecule has 1 aromatic rings. The van der Waals surface area contributed by atoms with Crippen molar-refractivity contribution in [2.75, 3.05) is 39.1 Å². The van der Waals surface area contributed by atoms with Crippen LogP contribution in [0.3, 0.4) is 0 Å². The van der Waals surface area contributed by atoms with E-state index in [1.807, 2.05) is 14.1 Å². The van der Waals surface area contributed by atoms with Crippen LogP contribution in [0, 0.1) is 0 Å². The summed E-state index contributed by atoms with van der Waals surface area (Å²) in [6.45, 7) is 3.51. The number of urea groups is 1.